The van der Waals surface area contributed by atoms with Crippen LogP contribution in [0.1, 0.15) is 34.3 Å². The molecule has 0 aromatic heterocycles. The molecule has 7 nitrogen and oxygen atoms in total. The fraction of sp³-hybridized carbons (Fsp3) is 0.263. The van der Waals surface area contributed by atoms with E-state index in [1.165, 1.54) is 6.07 Å². The fourth-order valence-electron chi connectivity index (χ4n) is 3.03. The molecule has 26 heavy (non-hydrogen) atoms. The third-order valence-electron chi connectivity index (χ3n) is 4.50. The summed E-state index contributed by atoms with van der Waals surface area (Å²) < 4.78 is 0. The Kier molecular flexibility index (Phi) is 4.71. The molecule has 0 saturated carbocycles. The maximum absolute atomic E-state index is 12.5. The Balaban J connectivity index is 1.85. The van der Waals surface area contributed by atoms with Crippen molar-refractivity contribution in [3.8, 4) is 0 Å². The summed E-state index contributed by atoms with van der Waals surface area (Å²) in [5.74, 6) is -0.360. The quantitative estimate of drug-likeness (QED) is 0.671. The average Bonchev–Trinajstić information content (AvgIpc) is 3.02. The highest BCUT2D eigenvalue weighted by Gasteiger charge is 2.23. The molecule has 1 aliphatic rings. The van der Waals surface area contributed by atoms with Crippen molar-refractivity contribution in [2.75, 3.05) is 16.8 Å². The van der Waals surface area contributed by atoms with E-state index in [2.05, 4.69) is 5.32 Å². The Bertz CT molecular complexity index is 908. The topological polar surface area (TPSA) is 92.5 Å². The molecule has 3 rings (SSSR count). The highest BCUT2D eigenvalue weighted by atomic mass is 16.6. The number of amides is 2. The number of aryl methyl sites for hydroxylation is 2. The van der Waals surface area contributed by atoms with Crippen molar-refractivity contribution < 1.29 is 14.5 Å². The number of hydrogen-bond acceptors (Lipinski definition) is 4. The molecule has 2 amide bonds. The van der Waals surface area contributed by atoms with Gasteiger partial charge in [-0.3, -0.25) is 19.7 Å². The molecule has 1 fully saturated rings. The van der Waals surface area contributed by atoms with Gasteiger partial charge < -0.3 is 10.2 Å². The van der Waals surface area contributed by atoms with Crippen LogP contribution in [0.4, 0.5) is 17.1 Å². The van der Waals surface area contributed by atoms with E-state index in [1.807, 2.05) is 13.0 Å². The average molecular weight is 353 g/mol. The summed E-state index contributed by atoms with van der Waals surface area (Å²) >= 11 is 0. The highest BCUT2D eigenvalue weighted by Crippen LogP contribution is 2.28. The van der Waals surface area contributed by atoms with E-state index in [0.717, 1.165) is 17.7 Å². The summed E-state index contributed by atoms with van der Waals surface area (Å²) in [4.78, 5) is 36.7. The molecule has 0 radical (unpaired) electrons. The summed E-state index contributed by atoms with van der Waals surface area (Å²) in [6.45, 7) is 4.20. The summed E-state index contributed by atoms with van der Waals surface area (Å²) in [6.07, 6.45) is 1.35. The molecule has 0 unspecified atom stereocenters. The number of carbonyl (C=O) groups excluding carboxylic acids is 2. The zero-order valence-corrected chi connectivity index (χ0v) is 14.6. The molecule has 1 heterocycles. The second kappa shape index (κ2) is 6.95. The Morgan fingerprint density at radius 1 is 1.15 bits per heavy atom. The lowest BCUT2D eigenvalue weighted by Crippen LogP contribution is -2.24. The molecule has 0 spiro atoms. The number of anilines is 2. The minimum absolute atomic E-state index is 0.0748. The molecular weight excluding hydrogens is 334 g/mol. The van der Waals surface area contributed by atoms with Gasteiger partial charge in [-0.05, 0) is 44.0 Å². The minimum Gasteiger partial charge on any atom is -0.322 e. The fourth-order valence-corrected chi connectivity index (χ4v) is 3.03. The molecule has 2 aromatic rings. The molecule has 7 heteroatoms. The number of nitrogens with one attached hydrogen (secondary N) is 1. The monoisotopic (exact) mass is 353 g/mol. The lowest BCUT2D eigenvalue weighted by atomic mass is 10.1. The Morgan fingerprint density at radius 2 is 1.88 bits per heavy atom. The summed E-state index contributed by atoms with van der Waals surface area (Å²) in [5.41, 5.74) is 2.88. The largest absolute Gasteiger partial charge is 0.322 e. The van der Waals surface area contributed by atoms with E-state index in [1.54, 1.807) is 36.1 Å². The molecule has 0 bridgehead atoms. The van der Waals surface area contributed by atoms with Gasteiger partial charge in [-0.2, -0.15) is 0 Å². The lowest BCUT2D eigenvalue weighted by molar-refractivity contribution is -0.385. The van der Waals surface area contributed by atoms with E-state index < -0.39 is 10.8 Å². The first-order valence-corrected chi connectivity index (χ1v) is 8.34. The van der Waals surface area contributed by atoms with Crippen LogP contribution in [-0.4, -0.2) is 23.3 Å². The van der Waals surface area contributed by atoms with E-state index >= 15 is 0 Å². The first kappa shape index (κ1) is 17.6. The zero-order valence-electron chi connectivity index (χ0n) is 14.6. The molecule has 0 aliphatic carbocycles. The third-order valence-corrected chi connectivity index (χ3v) is 4.50. The predicted molar refractivity (Wildman–Crippen MR) is 98.6 cm³/mol. The van der Waals surface area contributed by atoms with Gasteiger partial charge in [-0.15, -0.1) is 0 Å². The summed E-state index contributed by atoms with van der Waals surface area (Å²) in [6, 6.07) is 9.73. The van der Waals surface area contributed by atoms with Gasteiger partial charge in [0, 0.05) is 41.5 Å². The molecular formula is C19H19N3O4. The maximum Gasteiger partial charge on any atom is 0.273 e. The second-order valence-corrected chi connectivity index (χ2v) is 6.36. The van der Waals surface area contributed by atoms with E-state index in [0.29, 0.717) is 24.2 Å². The van der Waals surface area contributed by atoms with Crippen LogP contribution in [0.5, 0.6) is 0 Å². The van der Waals surface area contributed by atoms with Gasteiger partial charge in [0.15, 0.2) is 0 Å². The van der Waals surface area contributed by atoms with Crippen LogP contribution in [0.25, 0.3) is 0 Å². The standard InChI is InChI=1S/C19H19N3O4/c1-12-6-8-15(11-16(12)21-9-3-4-18(21)23)20-19(24)14-7-5-13(2)17(10-14)22(25)26/h5-8,10-11H,3-4,9H2,1-2H3,(H,20,24). The van der Waals surface area contributed by atoms with Gasteiger partial charge in [0.05, 0.1) is 4.92 Å². The van der Waals surface area contributed by atoms with Crippen molar-refractivity contribution in [2.24, 2.45) is 0 Å². The molecule has 1 N–H and O–H groups in total. The number of rotatable bonds is 4. The number of nitro benzene ring substituents is 1. The van der Waals surface area contributed by atoms with Crippen molar-refractivity contribution in [3.05, 3.63) is 63.2 Å². The van der Waals surface area contributed by atoms with Crippen LogP contribution in [0.15, 0.2) is 36.4 Å². The van der Waals surface area contributed by atoms with Crippen LogP contribution in [0.3, 0.4) is 0 Å². The molecule has 134 valence electrons. The zero-order chi connectivity index (χ0) is 18.8. The molecule has 2 aromatic carbocycles. The molecule has 1 aliphatic heterocycles. The van der Waals surface area contributed by atoms with Crippen LogP contribution in [-0.2, 0) is 4.79 Å². The second-order valence-electron chi connectivity index (χ2n) is 6.36. The van der Waals surface area contributed by atoms with Crippen LogP contribution >= 0.6 is 0 Å². The maximum atomic E-state index is 12.5. The number of hydrogen-bond donors (Lipinski definition) is 1. The van der Waals surface area contributed by atoms with Gasteiger partial charge in [-0.1, -0.05) is 12.1 Å². The van der Waals surface area contributed by atoms with Crippen molar-refractivity contribution in [2.45, 2.75) is 26.7 Å². The van der Waals surface area contributed by atoms with Gasteiger partial charge in [0.2, 0.25) is 5.91 Å². The van der Waals surface area contributed by atoms with Gasteiger partial charge in [-0.25, -0.2) is 0 Å². The van der Waals surface area contributed by atoms with Gasteiger partial charge >= 0.3 is 0 Å². The predicted octanol–water partition coefficient (Wildman–Crippen LogP) is 3.59. The number of nitrogens with zero attached hydrogens (tertiary/aromatic N) is 2. The van der Waals surface area contributed by atoms with E-state index in [9.17, 15) is 19.7 Å². The molecule has 1 saturated heterocycles. The van der Waals surface area contributed by atoms with Crippen molar-refractivity contribution >= 4 is 28.9 Å². The Labute approximate surface area is 150 Å². The first-order valence-electron chi connectivity index (χ1n) is 8.34. The van der Waals surface area contributed by atoms with Crippen molar-refractivity contribution in [3.63, 3.8) is 0 Å². The number of carbonyl (C=O) groups is 2. The third kappa shape index (κ3) is 3.42. The smallest absolute Gasteiger partial charge is 0.273 e. The lowest BCUT2D eigenvalue weighted by Gasteiger charge is -2.19. The number of nitro groups is 1. The summed E-state index contributed by atoms with van der Waals surface area (Å²) in [5, 5.41) is 13.8. The normalized spacial score (nSPS) is 13.8. The first-order chi connectivity index (χ1) is 12.4. The van der Waals surface area contributed by atoms with E-state index in [-0.39, 0.29) is 17.2 Å². The Hall–Kier alpha value is -3.22. The highest BCUT2D eigenvalue weighted by molar-refractivity contribution is 6.05. The van der Waals surface area contributed by atoms with Crippen molar-refractivity contribution in [1.82, 2.24) is 0 Å². The summed E-state index contributed by atoms with van der Waals surface area (Å²) in [7, 11) is 0. The van der Waals surface area contributed by atoms with Gasteiger partial charge in [0.1, 0.15) is 0 Å². The number of benzene rings is 2. The Morgan fingerprint density at radius 3 is 2.54 bits per heavy atom. The van der Waals surface area contributed by atoms with Crippen molar-refractivity contribution in [1.29, 1.82) is 0 Å². The minimum atomic E-state index is -0.505. The van der Waals surface area contributed by atoms with E-state index in [4.69, 9.17) is 0 Å². The SMILES string of the molecule is Cc1ccc(NC(=O)c2ccc(C)c([N+](=O)[O-])c2)cc1N1CCCC1=O. The van der Waals surface area contributed by atoms with Crippen LogP contribution in [0.2, 0.25) is 0 Å². The molecule has 0 atom stereocenters. The van der Waals surface area contributed by atoms with Crippen LogP contribution in [0, 0.1) is 24.0 Å². The van der Waals surface area contributed by atoms with Crippen LogP contribution < -0.4 is 10.2 Å². The van der Waals surface area contributed by atoms with Gasteiger partial charge in [0.25, 0.3) is 11.6 Å².